The number of aryl methyl sites for hydroxylation is 2. The summed E-state index contributed by atoms with van der Waals surface area (Å²) in [5.74, 6) is 0.708. The Labute approximate surface area is 149 Å². The van der Waals surface area contributed by atoms with Gasteiger partial charge in [-0.1, -0.05) is 41.7 Å². The lowest BCUT2D eigenvalue weighted by molar-refractivity contribution is 0.230. The maximum Gasteiger partial charge on any atom is 0.323 e. The molecular formula is C18H17N5OS. The van der Waals surface area contributed by atoms with Crippen LogP contribution in [0.1, 0.15) is 11.3 Å². The molecule has 3 aromatic rings. The molecule has 4 rings (SSSR count). The smallest absolute Gasteiger partial charge is 0.323 e. The summed E-state index contributed by atoms with van der Waals surface area (Å²) in [6.07, 6.45) is 3.61. The third kappa shape index (κ3) is 2.98. The van der Waals surface area contributed by atoms with E-state index in [9.17, 15) is 4.79 Å². The summed E-state index contributed by atoms with van der Waals surface area (Å²) < 4.78 is 0. The topological polar surface area (TPSA) is 71.0 Å². The van der Waals surface area contributed by atoms with Gasteiger partial charge in [-0.25, -0.2) is 19.7 Å². The van der Waals surface area contributed by atoms with Gasteiger partial charge in [-0.15, -0.1) is 0 Å². The standard InChI is InChI=1S/C18H17N5OS/c1-23(2)18(24)22-17-20-13-9-8-12-10-19-16(11-6-4-3-5-7-11)21-14(12)15(13)25-17/h3-7,10H,8-9H2,1-2H3,(H,20,22,24). The first kappa shape index (κ1) is 15.7. The number of nitrogens with one attached hydrogen (secondary N) is 1. The molecule has 0 fully saturated rings. The molecule has 2 amide bonds. The summed E-state index contributed by atoms with van der Waals surface area (Å²) in [6, 6.07) is 9.75. The average molecular weight is 351 g/mol. The van der Waals surface area contributed by atoms with Crippen LogP contribution in [0.15, 0.2) is 36.5 Å². The van der Waals surface area contributed by atoms with E-state index >= 15 is 0 Å². The van der Waals surface area contributed by atoms with Crippen molar-refractivity contribution < 1.29 is 4.79 Å². The van der Waals surface area contributed by atoms with Crippen molar-refractivity contribution >= 4 is 22.5 Å². The van der Waals surface area contributed by atoms with Gasteiger partial charge in [0.1, 0.15) is 0 Å². The Bertz CT molecular complexity index is 936. The Hall–Kier alpha value is -2.80. The number of rotatable bonds is 2. The summed E-state index contributed by atoms with van der Waals surface area (Å²) in [7, 11) is 3.41. The van der Waals surface area contributed by atoms with Crippen LogP contribution in [0.25, 0.3) is 22.0 Å². The van der Waals surface area contributed by atoms with E-state index in [1.54, 1.807) is 14.1 Å². The quantitative estimate of drug-likeness (QED) is 0.767. The number of thiazole rings is 1. The predicted octanol–water partition coefficient (Wildman–Crippen LogP) is 3.46. The monoisotopic (exact) mass is 351 g/mol. The number of benzene rings is 1. The van der Waals surface area contributed by atoms with E-state index in [2.05, 4.69) is 15.3 Å². The number of nitrogens with zero attached hydrogens (tertiary/aromatic N) is 4. The fourth-order valence-corrected chi connectivity index (χ4v) is 3.76. The van der Waals surface area contributed by atoms with Gasteiger partial charge in [-0.05, 0) is 18.4 Å². The second-order valence-corrected chi connectivity index (χ2v) is 7.05. The van der Waals surface area contributed by atoms with Crippen molar-refractivity contribution in [2.45, 2.75) is 12.8 Å². The molecule has 0 radical (unpaired) electrons. The molecule has 126 valence electrons. The zero-order valence-corrected chi connectivity index (χ0v) is 14.8. The molecule has 25 heavy (non-hydrogen) atoms. The van der Waals surface area contributed by atoms with Gasteiger partial charge in [-0.2, -0.15) is 0 Å². The SMILES string of the molecule is CN(C)C(=O)Nc1nc2c(s1)-c1nc(-c3ccccc3)ncc1CC2. The van der Waals surface area contributed by atoms with Gasteiger partial charge in [0.2, 0.25) is 0 Å². The number of hydrogen-bond acceptors (Lipinski definition) is 5. The van der Waals surface area contributed by atoms with Gasteiger partial charge >= 0.3 is 6.03 Å². The molecule has 0 saturated carbocycles. The van der Waals surface area contributed by atoms with Crippen molar-refractivity contribution in [2.75, 3.05) is 19.4 Å². The second-order valence-electron chi connectivity index (χ2n) is 6.05. The van der Waals surface area contributed by atoms with Gasteiger partial charge in [-0.3, -0.25) is 5.32 Å². The highest BCUT2D eigenvalue weighted by molar-refractivity contribution is 7.19. The van der Waals surface area contributed by atoms with Crippen molar-refractivity contribution in [1.29, 1.82) is 0 Å². The molecule has 1 aliphatic carbocycles. The lowest BCUT2D eigenvalue weighted by Gasteiger charge is -2.14. The van der Waals surface area contributed by atoms with Crippen molar-refractivity contribution in [3.8, 4) is 22.0 Å². The van der Waals surface area contributed by atoms with Gasteiger partial charge in [0.15, 0.2) is 11.0 Å². The minimum Gasteiger partial charge on any atom is -0.331 e. The number of fused-ring (bicyclic) bond motifs is 3. The van der Waals surface area contributed by atoms with E-state index in [-0.39, 0.29) is 6.03 Å². The molecule has 0 spiro atoms. The summed E-state index contributed by atoms with van der Waals surface area (Å²) in [6.45, 7) is 0. The minimum absolute atomic E-state index is 0.181. The van der Waals surface area contributed by atoms with Crippen LogP contribution in [-0.4, -0.2) is 40.0 Å². The van der Waals surface area contributed by atoms with Crippen molar-refractivity contribution in [3.05, 3.63) is 47.8 Å². The number of amides is 2. The molecule has 7 heteroatoms. The van der Waals surface area contributed by atoms with Gasteiger partial charge in [0, 0.05) is 25.9 Å². The Kier molecular flexibility index (Phi) is 3.93. The molecule has 6 nitrogen and oxygen atoms in total. The Morgan fingerprint density at radius 3 is 2.72 bits per heavy atom. The molecule has 2 aromatic heterocycles. The van der Waals surface area contributed by atoms with Crippen molar-refractivity contribution in [2.24, 2.45) is 0 Å². The first-order chi connectivity index (χ1) is 12.1. The van der Waals surface area contributed by atoms with Crippen LogP contribution < -0.4 is 5.32 Å². The Morgan fingerprint density at radius 1 is 1.16 bits per heavy atom. The average Bonchev–Trinajstić information content (AvgIpc) is 3.05. The maximum absolute atomic E-state index is 11.9. The van der Waals surface area contributed by atoms with E-state index in [0.717, 1.165) is 40.2 Å². The number of carbonyl (C=O) groups excluding carboxylic acids is 1. The molecule has 0 saturated heterocycles. The van der Waals surface area contributed by atoms with E-state index < -0.39 is 0 Å². The van der Waals surface area contributed by atoms with Crippen LogP contribution in [-0.2, 0) is 12.8 Å². The molecule has 0 atom stereocenters. The van der Waals surface area contributed by atoms with Crippen LogP contribution in [0.2, 0.25) is 0 Å². The van der Waals surface area contributed by atoms with E-state index in [1.807, 2.05) is 36.5 Å². The Balaban J connectivity index is 1.73. The van der Waals surface area contributed by atoms with Crippen LogP contribution >= 0.6 is 11.3 Å². The molecule has 2 heterocycles. The summed E-state index contributed by atoms with van der Waals surface area (Å²) >= 11 is 1.47. The van der Waals surface area contributed by atoms with E-state index in [1.165, 1.54) is 16.2 Å². The molecule has 1 N–H and O–H groups in total. The highest BCUT2D eigenvalue weighted by Crippen LogP contribution is 2.38. The molecule has 1 aromatic carbocycles. The highest BCUT2D eigenvalue weighted by atomic mass is 32.1. The van der Waals surface area contributed by atoms with Crippen LogP contribution in [0.3, 0.4) is 0 Å². The van der Waals surface area contributed by atoms with E-state index in [0.29, 0.717) is 11.0 Å². The third-order valence-corrected chi connectivity index (χ3v) is 5.08. The molecule has 0 bridgehead atoms. The number of anilines is 1. The lowest BCUT2D eigenvalue weighted by Crippen LogP contribution is -2.27. The number of carbonyl (C=O) groups is 1. The molecule has 1 aliphatic rings. The summed E-state index contributed by atoms with van der Waals surface area (Å²) in [5.41, 5.74) is 4.03. The number of aromatic nitrogens is 3. The van der Waals surface area contributed by atoms with Gasteiger partial charge in [0.05, 0.1) is 16.3 Å². The lowest BCUT2D eigenvalue weighted by atomic mass is 9.99. The Morgan fingerprint density at radius 2 is 1.96 bits per heavy atom. The molecule has 0 aliphatic heterocycles. The van der Waals surface area contributed by atoms with Crippen LogP contribution in [0.5, 0.6) is 0 Å². The largest absolute Gasteiger partial charge is 0.331 e. The normalized spacial score (nSPS) is 12.2. The number of urea groups is 1. The van der Waals surface area contributed by atoms with Crippen LogP contribution in [0, 0.1) is 0 Å². The van der Waals surface area contributed by atoms with Crippen molar-refractivity contribution in [3.63, 3.8) is 0 Å². The summed E-state index contributed by atoms with van der Waals surface area (Å²) in [4.78, 5) is 28.3. The van der Waals surface area contributed by atoms with Crippen LogP contribution in [0.4, 0.5) is 9.93 Å². The fraction of sp³-hybridized carbons (Fsp3) is 0.222. The zero-order chi connectivity index (χ0) is 17.4. The first-order valence-corrected chi connectivity index (χ1v) is 8.83. The van der Waals surface area contributed by atoms with E-state index in [4.69, 9.17) is 4.98 Å². The minimum atomic E-state index is -0.181. The number of hydrogen-bond donors (Lipinski definition) is 1. The fourth-order valence-electron chi connectivity index (χ4n) is 2.73. The zero-order valence-electron chi connectivity index (χ0n) is 14.0. The summed E-state index contributed by atoms with van der Waals surface area (Å²) in [5, 5.41) is 3.43. The van der Waals surface area contributed by atoms with Crippen molar-refractivity contribution in [1.82, 2.24) is 19.9 Å². The highest BCUT2D eigenvalue weighted by Gasteiger charge is 2.24. The van der Waals surface area contributed by atoms with Gasteiger partial charge < -0.3 is 4.90 Å². The second kappa shape index (κ2) is 6.25. The molecule has 0 unspecified atom stereocenters. The van der Waals surface area contributed by atoms with Gasteiger partial charge in [0.25, 0.3) is 0 Å². The molecular weight excluding hydrogens is 334 g/mol. The first-order valence-electron chi connectivity index (χ1n) is 8.01. The third-order valence-electron chi connectivity index (χ3n) is 4.06. The predicted molar refractivity (Wildman–Crippen MR) is 98.7 cm³/mol. The maximum atomic E-state index is 11.9.